The van der Waals surface area contributed by atoms with Crippen molar-refractivity contribution in [3.8, 4) is 0 Å². The Morgan fingerprint density at radius 2 is 1.13 bits per heavy atom. The van der Waals surface area contributed by atoms with Gasteiger partial charge in [-0.3, -0.25) is 29.5 Å². The average Bonchev–Trinajstić information content (AvgIpc) is 2.70. The van der Waals surface area contributed by atoms with Crippen molar-refractivity contribution in [2.45, 2.75) is 24.1 Å². The topological polar surface area (TPSA) is 156 Å². The highest BCUT2D eigenvalue weighted by atomic mass is 32.2. The van der Waals surface area contributed by atoms with Crippen molar-refractivity contribution in [1.82, 2.24) is 10.6 Å². The fourth-order valence-corrected chi connectivity index (χ4v) is 5.15. The van der Waals surface area contributed by atoms with Crippen LogP contribution in [-0.2, 0) is 33.3 Å². The number of para-hydroxylation sites is 2. The molecule has 160 valence electrons. The molecule has 0 aliphatic carbocycles. The average molecular weight is 454 g/mol. The molecule has 0 spiro atoms. The summed E-state index contributed by atoms with van der Waals surface area (Å²) in [6.07, 6.45) is 0. The molecule has 2 unspecified atom stereocenters. The van der Waals surface area contributed by atoms with E-state index >= 15 is 0 Å². The van der Waals surface area contributed by atoms with E-state index < -0.39 is 37.3 Å². The molecule has 2 heterocycles. The maximum atomic E-state index is 13.6. The first-order valence-corrected chi connectivity index (χ1v) is 11.8. The van der Waals surface area contributed by atoms with Crippen LogP contribution in [0.5, 0.6) is 0 Å². The van der Waals surface area contributed by atoms with Gasteiger partial charge < -0.3 is 0 Å². The zero-order chi connectivity index (χ0) is 21.7. The highest BCUT2D eigenvalue weighted by Crippen LogP contribution is 2.34. The van der Waals surface area contributed by atoms with Crippen LogP contribution in [0.3, 0.4) is 0 Å². The zero-order valence-corrected chi connectivity index (χ0v) is 17.0. The Kier molecular flexibility index (Phi) is 5.04. The summed E-state index contributed by atoms with van der Waals surface area (Å²) >= 11 is 0. The molecule has 0 aromatic heterocycles. The van der Waals surface area contributed by atoms with Crippen LogP contribution >= 0.6 is 0 Å². The maximum Gasteiger partial charge on any atom is 0.333 e. The van der Waals surface area contributed by atoms with E-state index in [1.807, 2.05) is 0 Å². The van der Waals surface area contributed by atoms with Crippen LogP contribution in [0.25, 0.3) is 0 Å². The summed E-state index contributed by atoms with van der Waals surface area (Å²) in [6, 6.07) is 11.8. The lowest BCUT2D eigenvalue weighted by molar-refractivity contribution is 0.245. The molecule has 0 fully saturated rings. The van der Waals surface area contributed by atoms with Gasteiger partial charge >= 0.3 is 26.3 Å². The van der Waals surface area contributed by atoms with E-state index in [9.17, 15) is 30.7 Å². The molecule has 0 bridgehead atoms. The normalized spacial score (nSPS) is 21.7. The Labute approximate surface area is 172 Å². The molecule has 2 aliphatic heterocycles. The molecule has 2 aliphatic rings. The molecule has 0 saturated carbocycles. The van der Waals surface area contributed by atoms with Crippen LogP contribution in [0, 0.1) is 0 Å². The third-order valence-electron chi connectivity index (χ3n) is 4.88. The van der Waals surface area contributed by atoms with Gasteiger partial charge in [0.2, 0.25) is 11.0 Å². The molecule has 30 heavy (non-hydrogen) atoms. The zero-order valence-electron chi connectivity index (χ0n) is 15.3. The fraction of sp³-hybridized carbons (Fsp3) is 0.235. The van der Waals surface area contributed by atoms with E-state index in [0.717, 1.165) is 9.80 Å². The van der Waals surface area contributed by atoms with Gasteiger partial charge in [-0.1, -0.05) is 36.4 Å². The van der Waals surface area contributed by atoms with Gasteiger partial charge in [-0.2, -0.15) is 16.8 Å². The number of urea groups is 1. The van der Waals surface area contributed by atoms with Crippen molar-refractivity contribution in [2.75, 3.05) is 9.80 Å². The van der Waals surface area contributed by atoms with Crippen molar-refractivity contribution >= 4 is 37.6 Å². The number of hydrogen-bond acceptors (Lipinski definition) is 7. The van der Waals surface area contributed by atoms with E-state index in [4.69, 9.17) is 0 Å². The summed E-state index contributed by atoms with van der Waals surface area (Å²) in [6.45, 7) is 0.113. The molecule has 13 heteroatoms. The summed E-state index contributed by atoms with van der Waals surface area (Å²) in [5.74, 6) is 0. The quantitative estimate of drug-likeness (QED) is 0.479. The third kappa shape index (κ3) is 3.55. The van der Waals surface area contributed by atoms with Gasteiger partial charge in [-0.15, -0.1) is 0 Å². The molecule has 2 amide bonds. The molecule has 0 radical (unpaired) electrons. The van der Waals surface area contributed by atoms with E-state index in [1.54, 1.807) is 36.4 Å². The maximum absolute atomic E-state index is 13.6. The second-order valence-corrected chi connectivity index (χ2v) is 9.73. The van der Waals surface area contributed by atoms with Crippen LogP contribution in [-0.4, -0.2) is 43.0 Å². The number of anilines is 2. The lowest BCUT2D eigenvalue weighted by atomic mass is 10.1. The van der Waals surface area contributed by atoms with Crippen molar-refractivity contribution in [2.24, 2.45) is 0 Å². The monoisotopic (exact) mass is 454 g/mol. The number of carbonyl (C=O) groups excluding carboxylic acids is 1. The number of carbonyl (C=O) groups is 1. The molecule has 2 aromatic carbocycles. The Hall–Kier alpha value is -2.55. The molecule has 4 N–H and O–H groups in total. The summed E-state index contributed by atoms with van der Waals surface area (Å²) in [4.78, 5) is 15.1. The number of nitrogens with one attached hydrogen (secondary N) is 2. The lowest BCUT2D eigenvalue weighted by Crippen LogP contribution is -2.65. The molecule has 4 rings (SSSR count). The molecular formula is C17H18N4O7S2. The van der Waals surface area contributed by atoms with Gasteiger partial charge in [-0.05, 0) is 23.3 Å². The van der Waals surface area contributed by atoms with Crippen LogP contribution in [0.1, 0.15) is 11.1 Å². The van der Waals surface area contributed by atoms with E-state index in [0.29, 0.717) is 11.1 Å². The van der Waals surface area contributed by atoms with Crippen molar-refractivity contribution in [3.05, 3.63) is 59.7 Å². The summed E-state index contributed by atoms with van der Waals surface area (Å²) in [7, 11) is -9.59. The number of benzene rings is 2. The van der Waals surface area contributed by atoms with Crippen LogP contribution in [0.4, 0.5) is 16.2 Å². The van der Waals surface area contributed by atoms with Gasteiger partial charge in [0.1, 0.15) is 0 Å². The van der Waals surface area contributed by atoms with Crippen LogP contribution < -0.4 is 20.4 Å². The highest BCUT2D eigenvalue weighted by molar-refractivity contribution is 7.86. The van der Waals surface area contributed by atoms with Crippen molar-refractivity contribution < 1.29 is 30.7 Å². The van der Waals surface area contributed by atoms with Crippen LogP contribution in [0.15, 0.2) is 48.5 Å². The molecule has 2 aromatic rings. The SMILES string of the molecule is O=C(N1c2ccccc2CNC1S(=O)(=O)O)N1c2ccccc2CNC1S(=O)(=O)O. The molecule has 2 atom stereocenters. The van der Waals surface area contributed by atoms with E-state index in [1.165, 1.54) is 12.1 Å². The number of nitrogens with zero attached hydrogens (tertiary/aromatic N) is 2. The molecule has 11 nitrogen and oxygen atoms in total. The minimum atomic E-state index is -4.80. The lowest BCUT2D eigenvalue weighted by Gasteiger charge is -2.42. The summed E-state index contributed by atoms with van der Waals surface area (Å²) < 4.78 is 67.5. The van der Waals surface area contributed by atoms with E-state index in [2.05, 4.69) is 10.6 Å². The third-order valence-corrected chi connectivity index (χ3v) is 6.77. The predicted molar refractivity (Wildman–Crippen MR) is 108 cm³/mol. The minimum Gasteiger partial charge on any atom is -0.283 e. The van der Waals surface area contributed by atoms with Crippen LogP contribution in [0.2, 0.25) is 0 Å². The van der Waals surface area contributed by atoms with Crippen molar-refractivity contribution in [3.63, 3.8) is 0 Å². The molecular weight excluding hydrogens is 436 g/mol. The first kappa shape index (κ1) is 20.7. The Morgan fingerprint density at radius 1 is 0.767 bits per heavy atom. The summed E-state index contributed by atoms with van der Waals surface area (Å²) in [5, 5.41) is 5.14. The first-order valence-electron chi connectivity index (χ1n) is 8.76. The first-order chi connectivity index (χ1) is 14.1. The minimum absolute atomic E-state index is 0.0565. The van der Waals surface area contributed by atoms with Gasteiger partial charge in [-0.25, -0.2) is 4.79 Å². The Balaban J connectivity index is 1.90. The number of fused-ring (bicyclic) bond motifs is 2. The van der Waals surface area contributed by atoms with Gasteiger partial charge in [0, 0.05) is 13.1 Å². The van der Waals surface area contributed by atoms with Gasteiger partial charge in [0.25, 0.3) is 0 Å². The smallest absolute Gasteiger partial charge is 0.283 e. The predicted octanol–water partition coefficient (Wildman–Crippen LogP) is 0.669. The molecule has 0 saturated heterocycles. The number of rotatable bonds is 2. The van der Waals surface area contributed by atoms with Gasteiger partial charge in [0.05, 0.1) is 11.4 Å². The Morgan fingerprint density at radius 3 is 1.50 bits per heavy atom. The fourth-order valence-electron chi connectivity index (χ4n) is 3.62. The second-order valence-electron chi connectivity index (χ2n) is 6.78. The number of amides is 2. The second kappa shape index (κ2) is 7.30. The highest BCUT2D eigenvalue weighted by Gasteiger charge is 2.46. The Bertz CT molecular complexity index is 1120. The standard InChI is InChI=1S/C17H18N4O7S2/c22-17(20-13-7-3-1-5-11(13)9-18-15(20)29(23,24)25)21-14-8-4-2-6-12(14)10-19-16(21)30(26,27)28/h1-8,15-16,18-19H,9-10H2,(H,23,24,25)(H,26,27,28). The van der Waals surface area contributed by atoms with Gasteiger partial charge in [0.15, 0.2) is 0 Å². The van der Waals surface area contributed by atoms with E-state index in [-0.39, 0.29) is 24.5 Å². The largest absolute Gasteiger partial charge is 0.333 e. The van der Waals surface area contributed by atoms with Crippen molar-refractivity contribution in [1.29, 1.82) is 0 Å². The summed E-state index contributed by atoms with van der Waals surface area (Å²) in [5.41, 5.74) is -2.21. The number of hydrogen-bond donors (Lipinski definition) is 4.